The number of rotatable bonds is 5. The molecule has 0 radical (unpaired) electrons. The van der Waals surface area contributed by atoms with Gasteiger partial charge < -0.3 is 14.6 Å². The number of methoxy groups -OCH3 is 1. The first-order chi connectivity index (χ1) is 14.7. The van der Waals surface area contributed by atoms with Gasteiger partial charge in [0.15, 0.2) is 0 Å². The lowest BCUT2D eigenvalue weighted by molar-refractivity contribution is -0.0266. The van der Waals surface area contributed by atoms with E-state index in [4.69, 9.17) is 9.97 Å². The Hall–Kier alpha value is -2.54. The van der Waals surface area contributed by atoms with Crippen LogP contribution >= 0.6 is 0 Å². The van der Waals surface area contributed by atoms with E-state index in [0.717, 1.165) is 52.1 Å². The SMILES string of the molecule is CCC(C)c1ccc(-c2nc3c(C)c[nH]c3cc2C)c(N2CC(F)(F)C2)n1.CCOC. The molecule has 0 spiro atoms. The van der Waals surface area contributed by atoms with E-state index in [-0.39, 0.29) is 19.0 Å². The third-order valence-electron chi connectivity index (χ3n) is 5.73. The van der Waals surface area contributed by atoms with E-state index in [9.17, 15) is 8.78 Å². The number of pyridine rings is 2. The van der Waals surface area contributed by atoms with E-state index in [1.807, 2.05) is 39.1 Å². The van der Waals surface area contributed by atoms with Gasteiger partial charge in [0.1, 0.15) is 5.82 Å². The number of halogens is 2. The van der Waals surface area contributed by atoms with Crippen molar-refractivity contribution in [2.45, 2.75) is 52.9 Å². The summed E-state index contributed by atoms with van der Waals surface area (Å²) in [5, 5.41) is 0. The first-order valence-corrected chi connectivity index (χ1v) is 10.8. The maximum Gasteiger partial charge on any atom is 0.282 e. The summed E-state index contributed by atoms with van der Waals surface area (Å²) in [6, 6.07) is 6.05. The van der Waals surface area contributed by atoms with Crippen LogP contribution in [-0.2, 0) is 4.74 Å². The zero-order valence-corrected chi connectivity index (χ0v) is 19.2. The highest BCUT2D eigenvalue weighted by atomic mass is 19.3. The van der Waals surface area contributed by atoms with E-state index in [1.165, 1.54) is 0 Å². The first kappa shape index (κ1) is 23.1. The Labute approximate surface area is 182 Å². The number of nitrogens with zero attached hydrogens (tertiary/aromatic N) is 3. The monoisotopic (exact) mass is 430 g/mol. The van der Waals surface area contributed by atoms with Crippen LogP contribution in [0.3, 0.4) is 0 Å². The summed E-state index contributed by atoms with van der Waals surface area (Å²) in [6.45, 7) is 10.4. The lowest BCUT2D eigenvalue weighted by atomic mass is 9.99. The van der Waals surface area contributed by atoms with Gasteiger partial charge in [0.2, 0.25) is 0 Å². The Morgan fingerprint density at radius 2 is 1.84 bits per heavy atom. The van der Waals surface area contributed by atoms with Gasteiger partial charge in [-0.25, -0.2) is 18.7 Å². The van der Waals surface area contributed by atoms with Gasteiger partial charge in [-0.05, 0) is 62.4 Å². The maximum absolute atomic E-state index is 13.5. The molecular weight excluding hydrogens is 398 g/mol. The Kier molecular flexibility index (Phi) is 6.94. The average molecular weight is 431 g/mol. The molecule has 1 atom stereocenters. The van der Waals surface area contributed by atoms with Crippen molar-refractivity contribution >= 4 is 16.9 Å². The highest BCUT2D eigenvalue weighted by Crippen LogP contribution is 2.39. The topological polar surface area (TPSA) is 54.0 Å². The van der Waals surface area contributed by atoms with Crippen LogP contribution < -0.4 is 4.90 Å². The minimum Gasteiger partial charge on any atom is -0.385 e. The van der Waals surface area contributed by atoms with Crippen LogP contribution in [0.2, 0.25) is 0 Å². The summed E-state index contributed by atoms with van der Waals surface area (Å²) in [6.07, 6.45) is 2.88. The van der Waals surface area contributed by atoms with Crippen molar-refractivity contribution in [3.63, 3.8) is 0 Å². The van der Waals surface area contributed by atoms with Gasteiger partial charge in [0.25, 0.3) is 5.92 Å². The minimum atomic E-state index is -2.64. The molecular formula is C24H32F2N4O. The molecule has 0 bridgehead atoms. The second kappa shape index (κ2) is 9.30. The third-order valence-corrected chi connectivity index (χ3v) is 5.73. The molecule has 31 heavy (non-hydrogen) atoms. The summed E-state index contributed by atoms with van der Waals surface area (Å²) in [4.78, 5) is 14.5. The largest absolute Gasteiger partial charge is 0.385 e. The maximum atomic E-state index is 13.5. The van der Waals surface area contributed by atoms with Crippen LogP contribution in [0.25, 0.3) is 22.3 Å². The molecule has 4 rings (SSSR count). The third kappa shape index (κ3) is 4.87. The van der Waals surface area contributed by atoms with Crippen molar-refractivity contribution < 1.29 is 13.5 Å². The van der Waals surface area contributed by atoms with Gasteiger partial charge in [-0.1, -0.05) is 13.8 Å². The molecule has 1 fully saturated rings. The minimum absolute atomic E-state index is 0.281. The molecule has 0 amide bonds. The van der Waals surface area contributed by atoms with E-state index < -0.39 is 5.92 Å². The number of anilines is 1. The zero-order chi connectivity index (χ0) is 22.8. The number of hydrogen-bond donors (Lipinski definition) is 1. The Morgan fingerprint density at radius 3 is 2.42 bits per heavy atom. The van der Waals surface area contributed by atoms with Crippen LogP contribution in [0.4, 0.5) is 14.6 Å². The molecule has 168 valence electrons. The molecule has 3 aromatic heterocycles. The standard InChI is InChI=1S/C21H24F2N4.C3H8O/c1-5-12(2)16-7-6-15(20(25-16)27-10-21(22,23)11-27)18-13(3)8-17-19(26-18)14(4)9-24-17;1-3-4-2/h6-9,12,24H,5,10-11H2,1-4H3;3H2,1-2H3. The summed E-state index contributed by atoms with van der Waals surface area (Å²) < 4.78 is 31.6. The Balaban J connectivity index is 0.000000628. The van der Waals surface area contributed by atoms with Crippen molar-refractivity contribution in [2.75, 3.05) is 31.7 Å². The van der Waals surface area contributed by atoms with Crippen LogP contribution in [0.15, 0.2) is 24.4 Å². The van der Waals surface area contributed by atoms with Crippen molar-refractivity contribution in [1.29, 1.82) is 0 Å². The smallest absolute Gasteiger partial charge is 0.282 e. The van der Waals surface area contributed by atoms with Crippen LogP contribution in [0.1, 0.15) is 49.9 Å². The summed E-state index contributed by atoms with van der Waals surface area (Å²) >= 11 is 0. The molecule has 0 aromatic carbocycles. The van der Waals surface area contributed by atoms with Crippen molar-refractivity contribution in [2.24, 2.45) is 0 Å². The van der Waals surface area contributed by atoms with Crippen LogP contribution in [0.5, 0.6) is 0 Å². The fourth-order valence-electron chi connectivity index (χ4n) is 3.59. The highest BCUT2D eigenvalue weighted by molar-refractivity contribution is 5.86. The quantitative estimate of drug-likeness (QED) is 0.551. The molecule has 1 aliphatic heterocycles. The summed E-state index contributed by atoms with van der Waals surface area (Å²) in [7, 11) is 1.68. The predicted octanol–water partition coefficient (Wildman–Crippen LogP) is 5.86. The molecule has 1 aliphatic rings. The number of ether oxygens (including phenoxy) is 1. The predicted molar refractivity (Wildman–Crippen MR) is 122 cm³/mol. The van der Waals surface area contributed by atoms with Crippen LogP contribution in [0, 0.1) is 13.8 Å². The lowest BCUT2D eigenvalue weighted by Crippen LogP contribution is -2.56. The van der Waals surface area contributed by atoms with Gasteiger partial charge in [0.05, 0.1) is 29.8 Å². The Morgan fingerprint density at radius 1 is 1.16 bits per heavy atom. The zero-order valence-electron chi connectivity index (χ0n) is 19.2. The first-order valence-electron chi connectivity index (χ1n) is 10.8. The number of aryl methyl sites for hydroxylation is 2. The molecule has 1 saturated heterocycles. The molecule has 3 aromatic rings. The fourth-order valence-corrected chi connectivity index (χ4v) is 3.59. The van der Waals surface area contributed by atoms with E-state index in [2.05, 4.69) is 29.6 Å². The van der Waals surface area contributed by atoms with E-state index in [1.54, 1.807) is 12.0 Å². The molecule has 1 N–H and O–H groups in total. The average Bonchev–Trinajstić information content (AvgIpc) is 3.10. The second-order valence-electron chi connectivity index (χ2n) is 8.23. The molecule has 7 heteroatoms. The number of alkyl halides is 2. The number of hydrogen-bond acceptors (Lipinski definition) is 4. The van der Waals surface area contributed by atoms with Gasteiger partial charge in [0, 0.05) is 31.2 Å². The Bertz CT molecular complexity index is 1040. The molecule has 0 saturated carbocycles. The second-order valence-corrected chi connectivity index (χ2v) is 8.23. The van der Waals surface area contributed by atoms with Gasteiger partial charge in [-0.15, -0.1) is 0 Å². The lowest BCUT2D eigenvalue weighted by Gasteiger charge is -2.40. The van der Waals surface area contributed by atoms with Crippen molar-refractivity contribution in [3.8, 4) is 11.3 Å². The highest BCUT2D eigenvalue weighted by Gasteiger charge is 2.45. The van der Waals surface area contributed by atoms with Gasteiger partial charge in [-0.3, -0.25) is 0 Å². The fraction of sp³-hybridized carbons (Fsp3) is 0.500. The van der Waals surface area contributed by atoms with E-state index in [0.29, 0.717) is 5.82 Å². The number of H-pyrrole nitrogens is 1. The number of aromatic nitrogens is 3. The van der Waals surface area contributed by atoms with Gasteiger partial charge in [-0.2, -0.15) is 0 Å². The van der Waals surface area contributed by atoms with Gasteiger partial charge >= 0.3 is 0 Å². The summed E-state index contributed by atoms with van der Waals surface area (Å²) in [5.41, 5.74) is 6.50. The van der Waals surface area contributed by atoms with Crippen LogP contribution in [-0.4, -0.2) is 47.7 Å². The number of aromatic amines is 1. The number of fused-ring (bicyclic) bond motifs is 1. The van der Waals surface area contributed by atoms with Crippen molar-refractivity contribution in [3.05, 3.63) is 41.2 Å². The normalized spacial score (nSPS) is 15.9. The molecule has 1 unspecified atom stereocenters. The molecule has 5 nitrogen and oxygen atoms in total. The van der Waals surface area contributed by atoms with Crippen molar-refractivity contribution in [1.82, 2.24) is 15.0 Å². The molecule has 0 aliphatic carbocycles. The molecule has 4 heterocycles. The number of nitrogens with one attached hydrogen (secondary N) is 1. The summed E-state index contributed by atoms with van der Waals surface area (Å²) in [5.74, 6) is -1.75. The van der Waals surface area contributed by atoms with E-state index >= 15 is 0 Å².